The van der Waals surface area contributed by atoms with Crippen molar-refractivity contribution in [1.29, 1.82) is 0 Å². The fraction of sp³-hybridized carbons (Fsp3) is 0.263. The van der Waals surface area contributed by atoms with Crippen LogP contribution in [0.2, 0.25) is 5.02 Å². The molecule has 0 aromatic heterocycles. The van der Waals surface area contributed by atoms with Crippen molar-refractivity contribution in [3.8, 4) is 0 Å². The lowest BCUT2D eigenvalue weighted by molar-refractivity contribution is -0.128. The summed E-state index contributed by atoms with van der Waals surface area (Å²) in [5.74, 6) is -0.160. The standard InChI is InChI=1S/C19H19ClN3O3S/c20-16-5-8-18(9-6-16)27(25,26)22-13-23(19(24)10-11-21-23)17-7-4-14-2-1-3-15(14)12-17/h4-9,11-12,22H,1-3,10,13H2/q+1. The minimum Gasteiger partial charge on any atom is -0.227 e. The molecule has 1 aliphatic carbocycles. The van der Waals surface area contributed by atoms with Gasteiger partial charge in [-0.3, -0.25) is 0 Å². The van der Waals surface area contributed by atoms with E-state index < -0.39 is 10.0 Å². The van der Waals surface area contributed by atoms with Crippen molar-refractivity contribution in [2.75, 3.05) is 6.67 Å². The predicted octanol–water partition coefficient (Wildman–Crippen LogP) is 2.99. The Labute approximate surface area is 163 Å². The van der Waals surface area contributed by atoms with E-state index in [-0.39, 0.29) is 28.5 Å². The number of hydrogen-bond acceptors (Lipinski definition) is 4. The van der Waals surface area contributed by atoms with Gasteiger partial charge < -0.3 is 0 Å². The molecule has 2 aromatic carbocycles. The molecule has 1 N–H and O–H groups in total. The Morgan fingerprint density at radius 1 is 1.07 bits per heavy atom. The topological polar surface area (TPSA) is 75.6 Å². The maximum atomic E-state index is 12.7. The van der Waals surface area contributed by atoms with E-state index >= 15 is 0 Å². The molecule has 0 radical (unpaired) electrons. The largest absolute Gasteiger partial charge is 0.351 e. The van der Waals surface area contributed by atoms with Crippen LogP contribution in [0.3, 0.4) is 0 Å². The van der Waals surface area contributed by atoms with Crippen LogP contribution in [0.15, 0.2) is 52.5 Å². The van der Waals surface area contributed by atoms with Gasteiger partial charge in [-0.2, -0.15) is 4.72 Å². The van der Waals surface area contributed by atoms with Crippen LogP contribution in [0.25, 0.3) is 0 Å². The van der Waals surface area contributed by atoms with Crippen LogP contribution in [-0.4, -0.2) is 27.2 Å². The van der Waals surface area contributed by atoms with Crippen LogP contribution >= 0.6 is 11.6 Å². The van der Waals surface area contributed by atoms with E-state index in [1.807, 2.05) is 18.2 Å². The lowest BCUT2D eigenvalue weighted by atomic mass is 10.1. The molecule has 2 aliphatic rings. The maximum Gasteiger partial charge on any atom is 0.351 e. The molecule has 0 spiro atoms. The summed E-state index contributed by atoms with van der Waals surface area (Å²) in [5.41, 5.74) is 3.18. The fourth-order valence-corrected chi connectivity index (χ4v) is 4.71. The van der Waals surface area contributed by atoms with E-state index in [0.717, 1.165) is 19.3 Å². The van der Waals surface area contributed by atoms with E-state index in [2.05, 4.69) is 9.82 Å². The number of nitrogens with one attached hydrogen (secondary N) is 1. The molecular weight excluding hydrogens is 386 g/mol. The van der Waals surface area contributed by atoms with Gasteiger partial charge in [-0.25, -0.2) is 13.2 Å². The number of halogens is 1. The lowest BCUT2D eigenvalue weighted by Gasteiger charge is -2.26. The third-order valence-corrected chi connectivity index (χ3v) is 6.73. The third kappa shape index (κ3) is 3.32. The number of fused-ring (bicyclic) bond motifs is 1. The van der Waals surface area contributed by atoms with Gasteiger partial charge in [-0.15, -0.1) is 0 Å². The average molecular weight is 405 g/mol. The molecule has 1 atom stereocenters. The molecule has 1 aliphatic heterocycles. The summed E-state index contributed by atoms with van der Waals surface area (Å²) in [5, 5.41) is 4.82. The highest BCUT2D eigenvalue weighted by atomic mass is 35.5. The molecule has 27 heavy (non-hydrogen) atoms. The first kappa shape index (κ1) is 18.3. The van der Waals surface area contributed by atoms with Gasteiger partial charge >= 0.3 is 5.91 Å². The van der Waals surface area contributed by atoms with Crippen molar-refractivity contribution >= 4 is 39.4 Å². The minimum atomic E-state index is -3.80. The quantitative estimate of drug-likeness (QED) is 0.778. The van der Waals surface area contributed by atoms with Crippen LogP contribution in [0.4, 0.5) is 5.69 Å². The number of rotatable bonds is 5. The van der Waals surface area contributed by atoms with E-state index in [4.69, 9.17) is 11.6 Å². The molecule has 2 aromatic rings. The minimum absolute atomic E-state index is 0.0922. The van der Waals surface area contributed by atoms with Gasteiger partial charge in [-0.05, 0) is 54.7 Å². The highest BCUT2D eigenvalue weighted by Gasteiger charge is 2.44. The second-order valence-electron chi connectivity index (χ2n) is 6.73. The van der Waals surface area contributed by atoms with Gasteiger partial charge in [-0.1, -0.05) is 27.4 Å². The normalized spacial score (nSPS) is 21.6. The number of carbonyl (C=O) groups excluding carboxylic acids is 1. The number of sulfonamides is 1. The summed E-state index contributed by atoms with van der Waals surface area (Å²) in [6.07, 6.45) is 4.83. The molecule has 0 fully saturated rings. The molecule has 0 bridgehead atoms. The van der Waals surface area contributed by atoms with Gasteiger partial charge in [0.1, 0.15) is 6.42 Å². The summed E-state index contributed by atoms with van der Waals surface area (Å²) in [6.45, 7) is -0.168. The summed E-state index contributed by atoms with van der Waals surface area (Å²) in [4.78, 5) is 12.8. The summed E-state index contributed by atoms with van der Waals surface area (Å²) < 4.78 is 27.4. The van der Waals surface area contributed by atoms with Crippen LogP contribution in [0, 0.1) is 0 Å². The van der Waals surface area contributed by atoms with E-state index in [1.165, 1.54) is 35.4 Å². The second kappa shape index (κ2) is 6.83. The van der Waals surface area contributed by atoms with Gasteiger partial charge in [0, 0.05) is 17.2 Å². The van der Waals surface area contributed by atoms with Crippen molar-refractivity contribution in [3.05, 3.63) is 58.6 Å². The van der Waals surface area contributed by atoms with Gasteiger partial charge in [0.25, 0.3) is 0 Å². The lowest BCUT2D eigenvalue weighted by Crippen LogP contribution is -2.53. The molecule has 140 valence electrons. The van der Waals surface area contributed by atoms with E-state index in [1.54, 1.807) is 6.21 Å². The van der Waals surface area contributed by atoms with Crippen molar-refractivity contribution in [2.45, 2.75) is 30.6 Å². The molecule has 4 rings (SSSR count). The first-order valence-electron chi connectivity index (χ1n) is 8.74. The zero-order valence-corrected chi connectivity index (χ0v) is 16.1. The van der Waals surface area contributed by atoms with E-state index in [0.29, 0.717) is 10.7 Å². The molecule has 0 saturated carbocycles. The number of amides is 1. The number of nitrogens with zero attached hydrogens (tertiary/aromatic N) is 2. The van der Waals surface area contributed by atoms with Crippen LogP contribution < -0.4 is 9.31 Å². The Balaban J connectivity index is 1.65. The summed E-state index contributed by atoms with van der Waals surface area (Å²) >= 11 is 5.83. The maximum absolute atomic E-state index is 12.7. The third-order valence-electron chi connectivity index (χ3n) is 5.07. The Morgan fingerprint density at radius 2 is 1.81 bits per heavy atom. The summed E-state index contributed by atoms with van der Waals surface area (Å²) in [6, 6.07) is 11.8. The first-order valence-corrected chi connectivity index (χ1v) is 10.6. The number of quaternary nitrogens is 1. The Bertz CT molecular complexity index is 1030. The smallest absolute Gasteiger partial charge is 0.227 e. The predicted molar refractivity (Wildman–Crippen MR) is 105 cm³/mol. The van der Waals surface area contributed by atoms with Gasteiger partial charge in [0.15, 0.2) is 12.4 Å². The Kier molecular flexibility index (Phi) is 4.63. The molecule has 6 nitrogen and oxygen atoms in total. The highest BCUT2D eigenvalue weighted by Crippen LogP contribution is 2.33. The van der Waals surface area contributed by atoms with E-state index in [9.17, 15) is 13.2 Å². The first-order chi connectivity index (χ1) is 12.9. The van der Waals surface area contributed by atoms with Crippen molar-refractivity contribution in [1.82, 2.24) is 9.31 Å². The Morgan fingerprint density at radius 3 is 2.52 bits per heavy atom. The van der Waals surface area contributed by atoms with Gasteiger partial charge in [0.2, 0.25) is 10.0 Å². The number of benzene rings is 2. The van der Waals surface area contributed by atoms with Crippen LogP contribution in [-0.2, 0) is 27.7 Å². The molecular formula is C19H19ClN3O3S+. The second-order valence-corrected chi connectivity index (χ2v) is 8.94. The van der Waals surface area contributed by atoms with Crippen molar-refractivity contribution in [2.24, 2.45) is 5.10 Å². The van der Waals surface area contributed by atoms with Crippen LogP contribution in [0.5, 0.6) is 0 Å². The molecule has 8 heteroatoms. The van der Waals surface area contributed by atoms with Crippen molar-refractivity contribution in [3.63, 3.8) is 0 Å². The Hall–Kier alpha value is -2.06. The SMILES string of the molecule is O=C1CC=N[N+]1(CNS(=O)(=O)c1ccc(Cl)cc1)c1ccc2c(c1)CCC2. The monoisotopic (exact) mass is 404 g/mol. The van der Waals surface area contributed by atoms with Crippen molar-refractivity contribution < 1.29 is 13.2 Å². The zero-order chi connectivity index (χ0) is 19.1. The average Bonchev–Trinajstić information content (AvgIpc) is 3.27. The van der Waals surface area contributed by atoms with Crippen LogP contribution in [0.1, 0.15) is 24.0 Å². The number of aryl methyl sites for hydroxylation is 2. The molecule has 1 amide bonds. The van der Waals surface area contributed by atoms with Gasteiger partial charge in [0.05, 0.1) is 11.1 Å². The molecule has 1 heterocycles. The highest BCUT2D eigenvalue weighted by molar-refractivity contribution is 7.89. The zero-order valence-electron chi connectivity index (χ0n) is 14.6. The molecule has 1 unspecified atom stereocenters. The fourth-order valence-electron chi connectivity index (χ4n) is 3.57. The number of hydrogen-bond donors (Lipinski definition) is 1. The molecule has 0 saturated heterocycles. The summed E-state index contributed by atoms with van der Waals surface area (Å²) in [7, 11) is -3.80. The number of carbonyl (C=O) groups is 1.